The highest BCUT2D eigenvalue weighted by Crippen LogP contribution is 2.23. The zero-order valence-corrected chi connectivity index (χ0v) is 9.31. The van der Waals surface area contributed by atoms with Crippen LogP contribution in [0.2, 0.25) is 0 Å². The highest BCUT2D eigenvalue weighted by molar-refractivity contribution is 5.79. The molecule has 0 aliphatic carbocycles. The first-order valence-electron chi connectivity index (χ1n) is 5.43. The molecule has 0 atom stereocenters. The molecular formula is C15H13FO. The van der Waals surface area contributed by atoms with Crippen LogP contribution >= 0.6 is 0 Å². The maximum Gasteiger partial charge on any atom is 0.123 e. The van der Waals surface area contributed by atoms with Gasteiger partial charge in [0.25, 0.3) is 0 Å². The van der Waals surface area contributed by atoms with Gasteiger partial charge in [-0.1, -0.05) is 48.5 Å². The summed E-state index contributed by atoms with van der Waals surface area (Å²) in [5.41, 5.74) is 2.81. The Labute approximate surface area is 99.9 Å². The van der Waals surface area contributed by atoms with Crippen molar-refractivity contribution in [3.05, 3.63) is 77.6 Å². The van der Waals surface area contributed by atoms with E-state index in [-0.39, 0.29) is 12.4 Å². The summed E-state index contributed by atoms with van der Waals surface area (Å²) >= 11 is 0. The topological polar surface area (TPSA) is 20.2 Å². The lowest BCUT2D eigenvalue weighted by Crippen LogP contribution is -1.90. The van der Waals surface area contributed by atoms with Crippen molar-refractivity contribution in [2.75, 3.05) is 6.61 Å². The molecule has 0 unspecified atom stereocenters. The average molecular weight is 228 g/mol. The van der Waals surface area contributed by atoms with Crippen molar-refractivity contribution in [2.45, 2.75) is 0 Å². The Morgan fingerprint density at radius 3 is 2.12 bits per heavy atom. The summed E-state index contributed by atoms with van der Waals surface area (Å²) in [4.78, 5) is 0. The standard InChI is InChI=1S/C15H13FO/c16-14-8-6-13(7-9-14)15(10-11-17)12-4-2-1-3-5-12/h1-10,17H,11H2. The van der Waals surface area contributed by atoms with E-state index >= 15 is 0 Å². The summed E-state index contributed by atoms with van der Waals surface area (Å²) in [5, 5.41) is 9.06. The molecule has 0 spiro atoms. The van der Waals surface area contributed by atoms with Gasteiger partial charge in [0.15, 0.2) is 0 Å². The van der Waals surface area contributed by atoms with Gasteiger partial charge in [0.2, 0.25) is 0 Å². The van der Waals surface area contributed by atoms with Gasteiger partial charge < -0.3 is 5.11 Å². The smallest absolute Gasteiger partial charge is 0.123 e. The molecule has 0 saturated heterocycles. The van der Waals surface area contributed by atoms with Crippen LogP contribution in [-0.2, 0) is 0 Å². The third-order valence-corrected chi connectivity index (χ3v) is 2.54. The van der Waals surface area contributed by atoms with Crippen molar-refractivity contribution in [3.8, 4) is 0 Å². The van der Waals surface area contributed by atoms with E-state index in [9.17, 15) is 4.39 Å². The predicted molar refractivity (Wildman–Crippen MR) is 67.0 cm³/mol. The monoisotopic (exact) mass is 228 g/mol. The molecule has 2 aromatic rings. The molecule has 2 aromatic carbocycles. The fourth-order valence-electron chi connectivity index (χ4n) is 1.74. The third kappa shape index (κ3) is 2.80. The molecule has 0 fully saturated rings. The lowest BCUT2D eigenvalue weighted by molar-refractivity contribution is 0.343. The summed E-state index contributed by atoms with van der Waals surface area (Å²) < 4.78 is 12.9. The van der Waals surface area contributed by atoms with Crippen LogP contribution in [0.5, 0.6) is 0 Å². The number of halogens is 1. The Bertz CT molecular complexity index is 500. The average Bonchev–Trinajstić information content (AvgIpc) is 2.38. The van der Waals surface area contributed by atoms with Gasteiger partial charge in [0.1, 0.15) is 5.82 Å². The zero-order valence-electron chi connectivity index (χ0n) is 9.31. The van der Waals surface area contributed by atoms with Gasteiger partial charge in [-0.05, 0) is 28.8 Å². The van der Waals surface area contributed by atoms with Gasteiger partial charge in [-0.2, -0.15) is 0 Å². The normalized spacial score (nSPS) is 11.5. The number of aliphatic hydroxyl groups is 1. The lowest BCUT2D eigenvalue weighted by Gasteiger charge is -2.08. The molecular weight excluding hydrogens is 215 g/mol. The second kappa shape index (κ2) is 5.41. The summed E-state index contributed by atoms with van der Waals surface area (Å²) in [7, 11) is 0. The van der Waals surface area contributed by atoms with Gasteiger partial charge in [-0.3, -0.25) is 0 Å². The van der Waals surface area contributed by atoms with Gasteiger partial charge in [-0.25, -0.2) is 4.39 Å². The minimum absolute atomic E-state index is 0.0401. The van der Waals surface area contributed by atoms with Crippen LogP contribution in [0.1, 0.15) is 11.1 Å². The van der Waals surface area contributed by atoms with Gasteiger partial charge >= 0.3 is 0 Å². The van der Waals surface area contributed by atoms with Crippen LogP contribution in [0.15, 0.2) is 60.7 Å². The molecule has 0 amide bonds. The van der Waals surface area contributed by atoms with Crippen molar-refractivity contribution in [2.24, 2.45) is 0 Å². The minimum Gasteiger partial charge on any atom is -0.392 e. The highest BCUT2D eigenvalue weighted by atomic mass is 19.1. The summed E-state index contributed by atoms with van der Waals surface area (Å²) in [6.45, 7) is -0.0401. The molecule has 0 aliphatic rings. The van der Waals surface area contributed by atoms with Crippen LogP contribution in [0.25, 0.3) is 5.57 Å². The lowest BCUT2D eigenvalue weighted by atomic mass is 9.98. The number of rotatable bonds is 3. The molecule has 2 rings (SSSR count). The highest BCUT2D eigenvalue weighted by Gasteiger charge is 2.04. The third-order valence-electron chi connectivity index (χ3n) is 2.54. The van der Waals surface area contributed by atoms with Crippen molar-refractivity contribution < 1.29 is 9.50 Å². The SMILES string of the molecule is OCC=C(c1ccccc1)c1ccc(F)cc1. The van der Waals surface area contributed by atoms with Crippen LogP contribution in [0, 0.1) is 5.82 Å². The largest absolute Gasteiger partial charge is 0.392 e. The Kier molecular flexibility index (Phi) is 3.68. The zero-order chi connectivity index (χ0) is 12.1. The Morgan fingerprint density at radius 1 is 0.941 bits per heavy atom. The van der Waals surface area contributed by atoms with Crippen molar-refractivity contribution in [1.82, 2.24) is 0 Å². The molecule has 0 saturated carbocycles. The van der Waals surface area contributed by atoms with Crippen molar-refractivity contribution >= 4 is 5.57 Å². The van der Waals surface area contributed by atoms with Gasteiger partial charge in [0, 0.05) is 0 Å². The van der Waals surface area contributed by atoms with E-state index in [1.807, 2.05) is 30.3 Å². The molecule has 2 heteroatoms. The van der Waals surface area contributed by atoms with E-state index in [1.54, 1.807) is 18.2 Å². The van der Waals surface area contributed by atoms with E-state index in [2.05, 4.69) is 0 Å². The molecule has 0 aromatic heterocycles. The number of hydrogen-bond donors (Lipinski definition) is 1. The van der Waals surface area contributed by atoms with Crippen molar-refractivity contribution in [3.63, 3.8) is 0 Å². The molecule has 1 N–H and O–H groups in total. The molecule has 0 heterocycles. The summed E-state index contributed by atoms with van der Waals surface area (Å²) in [6.07, 6.45) is 1.72. The molecule has 17 heavy (non-hydrogen) atoms. The number of hydrogen-bond acceptors (Lipinski definition) is 1. The molecule has 0 aliphatic heterocycles. The first kappa shape index (κ1) is 11.6. The maximum absolute atomic E-state index is 12.9. The molecule has 86 valence electrons. The maximum atomic E-state index is 12.9. The quantitative estimate of drug-likeness (QED) is 0.855. The Hall–Kier alpha value is -1.93. The van der Waals surface area contributed by atoms with Crippen LogP contribution in [0.4, 0.5) is 4.39 Å². The molecule has 0 bridgehead atoms. The van der Waals surface area contributed by atoms with Crippen LogP contribution in [-0.4, -0.2) is 11.7 Å². The van der Waals surface area contributed by atoms with Crippen molar-refractivity contribution in [1.29, 1.82) is 0 Å². The van der Waals surface area contributed by atoms with Gasteiger partial charge in [-0.15, -0.1) is 0 Å². The van der Waals surface area contributed by atoms with E-state index in [0.717, 1.165) is 16.7 Å². The Balaban J connectivity index is 2.44. The fraction of sp³-hybridized carbons (Fsp3) is 0.0667. The molecule has 0 radical (unpaired) electrons. The van der Waals surface area contributed by atoms with E-state index < -0.39 is 0 Å². The number of benzene rings is 2. The fourth-order valence-corrected chi connectivity index (χ4v) is 1.74. The van der Waals surface area contributed by atoms with Crippen LogP contribution in [0.3, 0.4) is 0 Å². The minimum atomic E-state index is -0.259. The summed E-state index contributed by atoms with van der Waals surface area (Å²) in [6, 6.07) is 16.0. The number of aliphatic hydroxyl groups excluding tert-OH is 1. The second-order valence-electron chi connectivity index (χ2n) is 3.67. The van der Waals surface area contributed by atoms with Gasteiger partial charge in [0.05, 0.1) is 6.61 Å². The van der Waals surface area contributed by atoms with Crippen LogP contribution < -0.4 is 0 Å². The first-order valence-corrected chi connectivity index (χ1v) is 5.43. The second-order valence-corrected chi connectivity index (χ2v) is 3.67. The first-order chi connectivity index (χ1) is 8.31. The van der Waals surface area contributed by atoms with E-state index in [0.29, 0.717) is 0 Å². The summed E-state index contributed by atoms with van der Waals surface area (Å²) in [5.74, 6) is -0.259. The Morgan fingerprint density at radius 2 is 1.53 bits per heavy atom. The van der Waals surface area contributed by atoms with E-state index in [1.165, 1.54) is 12.1 Å². The predicted octanol–water partition coefficient (Wildman–Crippen LogP) is 3.25. The van der Waals surface area contributed by atoms with E-state index in [4.69, 9.17) is 5.11 Å². The molecule has 1 nitrogen and oxygen atoms in total.